The molecule has 0 saturated heterocycles. The number of rotatable bonds is 3. The summed E-state index contributed by atoms with van der Waals surface area (Å²) < 4.78 is 105. The zero-order valence-corrected chi connectivity index (χ0v) is 7.60. The Morgan fingerprint density at radius 3 is 1.47 bits per heavy atom. The van der Waals surface area contributed by atoms with Crippen LogP contribution in [-0.4, -0.2) is 32.9 Å². The van der Waals surface area contributed by atoms with E-state index in [2.05, 4.69) is 4.18 Å². The molecule has 15 heavy (non-hydrogen) atoms. The van der Waals surface area contributed by atoms with E-state index >= 15 is 0 Å². The van der Waals surface area contributed by atoms with E-state index in [1.54, 1.807) is 0 Å². The summed E-state index contributed by atoms with van der Waals surface area (Å²) in [7, 11) is -5.16. The quantitative estimate of drug-likeness (QED) is 0.576. The Hall–Kier alpha value is -0.580. The Morgan fingerprint density at radius 1 is 0.933 bits per heavy atom. The third kappa shape index (κ3) is 3.19. The molecule has 0 atom stereocenters. The first-order chi connectivity index (χ1) is 6.21. The van der Waals surface area contributed by atoms with Gasteiger partial charge in [-0.2, -0.15) is 43.3 Å². The Bertz CT molecular complexity index is 329. The highest BCUT2D eigenvalue weighted by molar-refractivity contribution is 7.86. The molecule has 11 heteroatoms. The van der Waals surface area contributed by atoms with Crippen molar-refractivity contribution in [3.05, 3.63) is 0 Å². The van der Waals surface area contributed by atoms with Gasteiger partial charge in [0.1, 0.15) is 0 Å². The van der Waals surface area contributed by atoms with Gasteiger partial charge in [0.05, 0.1) is 6.26 Å². The van der Waals surface area contributed by atoms with E-state index < -0.39 is 28.3 Å². The molecule has 92 valence electrons. The molecule has 0 aromatic rings. The third-order valence-electron chi connectivity index (χ3n) is 0.978. The van der Waals surface area contributed by atoms with Crippen molar-refractivity contribution in [2.45, 2.75) is 18.2 Å². The fourth-order valence-electron chi connectivity index (χ4n) is 0.407. The maximum atomic E-state index is 12.1. The van der Waals surface area contributed by atoms with Gasteiger partial charge >= 0.3 is 18.2 Å². The third-order valence-corrected chi connectivity index (χ3v) is 1.49. The highest BCUT2D eigenvalue weighted by atomic mass is 32.2. The molecule has 0 rings (SSSR count). The van der Waals surface area contributed by atoms with Gasteiger partial charge in [-0.3, -0.25) is 0 Å². The molecule has 0 heterocycles. The van der Waals surface area contributed by atoms with Gasteiger partial charge in [0, 0.05) is 0 Å². The van der Waals surface area contributed by atoms with Crippen molar-refractivity contribution < 1.29 is 43.3 Å². The fraction of sp³-hybridized carbons (Fsp3) is 1.00. The first kappa shape index (κ1) is 14.4. The molecule has 0 aliphatic heterocycles. The summed E-state index contributed by atoms with van der Waals surface area (Å²) in [4.78, 5) is 0. The molecule has 0 aromatic heterocycles. The number of hydrogen-bond acceptors (Lipinski definition) is 3. The van der Waals surface area contributed by atoms with Crippen LogP contribution in [-0.2, 0) is 14.3 Å². The van der Waals surface area contributed by atoms with Gasteiger partial charge in [0.25, 0.3) is 10.1 Å². The summed E-state index contributed by atoms with van der Waals surface area (Å²) in [5.41, 5.74) is 0. The summed E-state index contributed by atoms with van der Waals surface area (Å²) in [6.45, 7) is 0. The lowest BCUT2D eigenvalue weighted by Gasteiger charge is -2.26. The Morgan fingerprint density at radius 2 is 1.27 bits per heavy atom. The molecular weight excluding hydrogens is 261 g/mol. The fourth-order valence-corrected chi connectivity index (χ4v) is 0.892. The van der Waals surface area contributed by atoms with Gasteiger partial charge in [-0.25, -0.2) is 0 Å². The normalized spacial score (nSPS) is 15.5. The molecule has 0 aliphatic carbocycles. The SMILES string of the molecule is CS(=O)(=O)OC(F)(F)C(F)(F)C(F)(F)F. The van der Waals surface area contributed by atoms with E-state index in [0.717, 1.165) is 0 Å². The minimum absolute atomic E-state index is 0.0899. The predicted molar refractivity (Wildman–Crippen MR) is 31.9 cm³/mol. The van der Waals surface area contributed by atoms with Crippen LogP contribution in [0.4, 0.5) is 30.7 Å². The van der Waals surface area contributed by atoms with E-state index in [-0.39, 0.29) is 6.26 Å². The molecule has 0 N–H and O–H groups in total. The molecule has 0 saturated carbocycles. The van der Waals surface area contributed by atoms with E-state index in [4.69, 9.17) is 0 Å². The Labute approximate surface area is 78.9 Å². The zero-order valence-electron chi connectivity index (χ0n) is 6.78. The summed E-state index contributed by atoms with van der Waals surface area (Å²) >= 11 is 0. The lowest BCUT2D eigenvalue weighted by molar-refractivity contribution is -0.402. The maximum absolute atomic E-state index is 12.1. The maximum Gasteiger partial charge on any atom is 0.462 e. The van der Waals surface area contributed by atoms with Crippen molar-refractivity contribution in [3.8, 4) is 0 Å². The minimum Gasteiger partial charge on any atom is -0.200 e. The van der Waals surface area contributed by atoms with Crippen LogP contribution in [0.25, 0.3) is 0 Å². The van der Waals surface area contributed by atoms with Gasteiger partial charge < -0.3 is 0 Å². The zero-order chi connectivity index (χ0) is 12.7. The first-order valence-corrected chi connectivity index (χ1v) is 4.75. The summed E-state index contributed by atoms with van der Waals surface area (Å²) in [5.74, 6) is -6.59. The lowest BCUT2D eigenvalue weighted by atomic mass is 10.3. The van der Waals surface area contributed by atoms with Crippen LogP contribution in [0.15, 0.2) is 0 Å². The molecule has 0 aliphatic rings. The van der Waals surface area contributed by atoms with Crippen molar-refractivity contribution in [1.82, 2.24) is 0 Å². The van der Waals surface area contributed by atoms with Crippen molar-refractivity contribution in [1.29, 1.82) is 0 Å². The summed E-state index contributed by atoms with van der Waals surface area (Å²) in [5, 5.41) is 0. The molecule has 0 spiro atoms. The van der Waals surface area contributed by atoms with Crippen molar-refractivity contribution in [2.75, 3.05) is 6.26 Å². The van der Waals surface area contributed by atoms with Gasteiger partial charge in [-0.15, -0.1) is 0 Å². The molecule has 0 unspecified atom stereocenters. The van der Waals surface area contributed by atoms with Crippen LogP contribution < -0.4 is 0 Å². The first-order valence-electron chi connectivity index (χ1n) is 2.94. The number of hydrogen-bond donors (Lipinski definition) is 0. The monoisotopic (exact) mass is 264 g/mol. The van der Waals surface area contributed by atoms with Gasteiger partial charge in [0.2, 0.25) is 0 Å². The van der Waals surface area contributed by atoms with Gasteiger partial charge in [-0.05, 0) is 0 Å². The lowest BCUT2D eigenvalue weighted by Crippen LogP contribution is -2.53. The molecule has 0 radical (unpaired) electrons. The largest absolute Gasteiger partial charge is 0.462 e. The number of alkyl halides is 7. The minimum atomic E-state index is -6.62. The van der Waals surface area contributed by atoms with E-state index in [1.807, 2.05) is 0 Å². The number of halogens is 7. The van der Waals surface area contributed by atoms with Crippen molar-refractivity contribution in [3.63, 3.8) is 0 Å². The van der Waals surface area contributed by atoms with Crippen LogP contribution in [0.5, 0.6) is 0 Å². The standard InChI is InChI=1S/C4H3F7O3S/c1-15(12,13)14-4(10,11)2(5,6)3(7,8)9/h1H3. The topological polar surface area (TPSA) is 43.4 Å². The smallest absolute Gasteiger partial charge is 0.200 e. The highest BCUT2D eigenvalue weighted by Gasteiger charge is 2.75. The second-order valence-electron chi connectivity index (χ2n) is 2.38. The van der Waals surface area contributed by atoms with E-state index in [0.29, 0.717) is 0 Å². The average molecular weight is 264 g/mol. The van der Waals surface area contributed by atoms with Gasteiger partial charge in [-0.1, -0.05) is 0 Å². The second kappa shape index (κ2) is 3.47. The molecule has 0 bridgehead atoms. The summed E-state index contributed by atoms with van der Waals surface area (Å²) in [6, 6.07) is 0. The average Bonchev–Trinajstić information content (AvgIpc) is 1.77. The van der Waals surface area contributed by atoms with E-state index in [9.17, 15) is 39.2 Å². The van der Waals surface area contributed by atoms with Crippen LogP contribution in [0.1, 0.15) is 0 Å². The summed E-state index contributed by atoms with van der Waals surface area (Å²) in [6.07, 6.45) is -12.9. The van der Waals surface area contributed by atoms with Crippen LogP contribution in [0.3, 0.4) is 0 Å². The van der Waals surface area contributed by atoms with Gasteiger partial charge in [0.15, 0.2) is 0 Å². The molecule has 0 fully saturated rings. The Kier molecular flexibility index (Phi) is 3.34. The van der Waals surface area contributed by atoms with Crippen molar-refractivity contribution in [2.24, 2.45) is 0 Å². The van der Waals surface area contributed by atoms with Crippen molar-refractivity contribution >= 4 is 10.1 Å². The van der Waals surface area contributed by atoms with Crippen LogP contribution >= 0.6 is 0 Å². The second-order valence-corrected chi connectivity index (χ2v) is 3.95. The molecule has 3 nitrogen and oxygen atoms in total. The molecular formula is C4H3F7O3S. The Balaban J connectivity index is 5.21. The molecule has 0 amide bonds. The van der Waals surface area contributed by atoms with Crippen LogP contribution in [0.2, 0.25) is 0 Å². The van der Waals surface area contributed by atoms with E-state index in [1.165, 1.54) is 0 Å². The highest BCUT2D eigenvalue weighted by Crippen LogP contribution is 2.47. The molecule has 0 aromatic carbocycles. The van der Waals surface area contributed by atoms with Crippen LogP contribution in [0, 0.1) is 0 Å². The predicted octanol–water partition coefficient (Wildman–Crippen LogP) is 1.75.